The molecule has 0 aromatic heterocycles. The van der Waals surface area contributed by atoms with Crippen molar-refractivity contribution in [1.29, 1.82) is 5.26 Å². The van der Waals surface area contributed by atoms with Crippen LogP contribution in [0.3, 0.4) is 0 Å². The van der Waals surface area contributed by atoms with E-state index in [-0.39, 0.29) is 17.7 Å². The van der Waals surface area contributed by atoms with Gasteiger partial charge in [-0.25, -0.2) is 0 Å². The largest absolute Gasteiger partial charge is 0.416 e. The van der Waals surface area contributed by atoms with Gasteiger partial charge in [-0.2, -0.15) is 18.4 Å². The molecule has 4 nitrogen and oxygen atoms in total. The summed E-state index contributed by atoms with van der Waals surface area (Å²) in [6, 6.07) is 4.20. The number of hydrogen-bond acceptors (Lipinski definition) is 3. The Morgan fingerprint density at radius 1 is 1.40 bits per heavy atom. The van der Waals surface area contributed by atoms with Gasteiger partial charge in [0.15, 0.2) is 0 Å². The average molecular weight is 285 g/mol. The topological polar surface area (TPSA) is 78.9 Å². The molecule has 0 unspecified atom stereocenters. The quantitative estimate of drug-likeness (QED) is 0.896. The van der Waals surface area contributed by atoms with Crippen LogP contribution in [0.15, 0.2) is 18.2 Å². The molecule has 108 valence electrons. The summed E-state index contributed by atoms with van der Waals surface area (Å²) >= 11 is 0. The number of anilines is 1. The van der Waals surface area contributed by atoms with Crippen LogP contribution >= 0.6 is 0 Å². The number of rotatable bonds is 3. The Kier molecular flexibility index (Phi) is 4.40. The zero-order valence-corrected chi connectivity index (χ0v) is 11.0. The first kappa shape index (κ1) is 16.0. The molecule has 0 bridgehead atoms. The molecule has 0 aliphatic heterocycles. The van der Waals surface area contributed by atoms with E-state index >= 15 is 0 Å². The van der Waals surface area contributed by atoms with E-state index in [1.165, 1.54) is 0 Å². The number of nitrogens with one attached hydrogen (secondary N) is 1. The Hall–Kier alpha value is -2.07. The molecule has 20 heavy (non-hydrogen) atoms. The molecule has 0 atom stereocenters. The predicted octanol–water partition coefficient (Wildman–Crippen LogP) is 2.64. The van der Waals surface area contributed by atoms with Gasteiger partial charge < -0.3 is 11.1 Å². The molecule has 0 saturated carbocycles. The van der Waals surface area contributed by atoms with Crippen LogP contribution in [-0.4, -0.2) is 11.4 Å². The van der Waals surface area contributed by atoms with Gasteiger partial charge in [0.05, 0.1) is 16.8 Å². The number of amides is 1. The highest BCUT2D eigenvalue weighted by atomic mass is 19.4. The molecule has 1 rings (SSSR count). The highest BCUT2D eigenvalue weighted by molar-refractivity contribution is 5.92. The lowest BCUT2D eigenvalue weighted by Crippen LogP contribution is -2.36. The third-order valence-corrected chi connectivity index (χ3v) is 2.36. The molecule has 3 N–H and O–H groups in total. The second-order valence-corrected chi connectivity index (χ2v) is 5.08. The molecular formula is C13H14F3N3O. The summed E-state index contributed by atoms with van der Waals surface area (Å²) in [5.41, 5.74) is 3.77. The SMILES string of the molecule is CC(C)(N)CC(=O)Nc1ccc(C(F)(F)F)cc1C#N. The average Bonchev–Trinajstić information content (AvgIpc) is 2.25. The molecule has 1 amide bonds. The van der Waals surface area contributed by atoms with Crippen LogP contribution in [-0.2, 0) is 11.0 Å². The van der Waals surface area contributed by atoms with Crippen molar-refractivity contribution in [2.45, 2.75) is 32.0 Å². The van der Waals surface area contributed by atoms with E-state index in [2.05, 4.69) is 5.32 Å². The minimum atomic E-state index is -4.53. The number of halogens is 3. The predicted molar refractivity (Wildman–Crippen MR) is 67.7 cm³/mol. The number of carbonyl (C=O) groups is 1. The zero-order chi connectivity index (χ0) is 15.6. The van der Waals surface area contributed by atoms with E-state index < -0.39 is 23.2 Å². The maximum Gasteiger partial charge on any atom is 0.416 e. The number of nitriles is 1. The second-order valence-electron chi connectivity index (χ2n) is 5.08. The first-order valence-corrected chi connectivity index (χ1v) is 5.73. The Bertz CT molecular complexity index is 553. The van der Waals surface area contributed by atoms with Gasteiger partial charge in [-0.15, -0.1) is 0 Å². The maximum absolute atomic E-state index is 12.5. The van der Waals surface area contributed by atoms with Crippen molar-refractivity contribution in [1.82, 2.24) is 0 Å². The highest BCUT2D eigenvalue weighted by Gasteiger charge is 2.31. The van der Waals surface area contributed by atoms with E-state index in [1.54, 1.807) is 19.9 Å². The van der Waals surface area contributed by atoms with Gasteiger partial charge in [0.1, 0.15) is 6.07 Å². The number of alkyl halides is 3. The van der Waals surface area contributed by atoms with Crippen LogP contribution in [0.25, 0.3) is 0 Å². The maximum atomic E-state index is 12.5. The van der Waals surface area contributed by atoms with Gasteiger partial charge in [0.2, 0.25) is 5.91 Å². The van der Waals surface area contributed by atoms with Crippen molar-refractivity contribution in [3.05, 3.63) is 29.3 Å². The van der Waals surface area contributed by atoms with Gasteiger partial charge in [0.25, 0.3) is 0 Å². The van der Waals surface area contributed by atoms with Crippen LogP contribution in [0.2, 0.25) is 0 Å². The smallest absolute Gasteiger partial charge is 0.325 e. The van der Waals surface area contributed by atoms with Gasteiger partial charge in [-0.3, -0.25) is 4.79 Å². The summed E-state index contributed by atoms with van der Waals surface area (Å²) < 4.78 is 37.5. The lowest BCUT2D eigenvalue weighted by Gasteiger charge is -2.18. The molecule has 1 aromatic rings. The molecule has 0 spiro atoms. The molecule has 0 aliphatic rings. The van der Waals surface area contributed by atoms with Gasteiger partial charge in [-0.1, -0.05) is 0 Å². The minimum absolute atomic E-state index is 0.0150. The number of benzene rings is 1. The fourth-order valence-corrected chi connectivity index (χ4v) is 1.53. The van der Waals surface area contributed by atoms with E-state index in [0.717, 1.165) is 12.1 Å². The molecular weight excluding hydrogens is 271 g/mol. The molecule has 0 heterocycles. The summed E-state index contributed by atoms with van der Waals surface area (Å²) in [5, 5.41) is 11.2. The van der Waals surface area contributed by atoms with Gasteiger partial charge in [0, 0.05) is 12.0 Å². The first-order valence-electron chi connectivity index (χ1n) is 5.73. The normalized spacial score (nSPS) is 11.8. The Balaban J connectivity index is 2.98. The number of hydrogen-bond donors (Lipinski definition) is 2. The summed E-state index contributed by atoms with van der Waals surface area (Å²) in [5.74, 6) is -0.464. The summed E-state index contributed by atoms with van der Waals surface area (Å²) in [7, 11) is 0. The Morgan fingerprint density at radius 3 is 2.45 bits per heavy atom. The lowest BCUT2D eigenvalue weighted by atomic mass is 10.0. The van der Waals surface area contributed by atoms with Crippen molar-refractivity contribution < 1.29 is 18.0 Å². The third-order valence-electron chi connectivity index (χ3n) is 2.36. The van der Waals surface area contributed by atoms with E-state index in [9.17, 15) is 18.0 Å². The molecule has 1 aromatic carbocycles. The Labute approximate surface area is 114 Å². The van der Waals surface area contributed by atoms with Crippen molar-refractivity contribution in [2.24, 2.45) is 5.73 Å². The third kappa shape index (κ3) is 4.55. The fourth-order valence-electron chi connectivity index (χ4n) is 1.53. The monoisotopic (exact) mass is 285 g/mol. The van der Waals surface area contributed by atoms with Crippen molar-refractivity contribution in [2.75, 3.05) is 5.32 Å². The Morgan fingerprint density at radius 2 is 2.00 bits per heavy atom. The van der Waals surface area contributed by atoms with Gasteiger partial charge in [-0.05, 0) is 32.0 Å². The van der Waals surface area contributed by atoms with Crippen LogP contribution in [0, 0.1) is 11.3 Å². The zero-order valence-electron chi connectivity index (χ0n) is 11.0. The van der Waals surface area contributed by atoms with Crippen molar-refractivity contribution >= 4 is 11.6 Å². The van der Waals surface area contributed by atoms with Crippen LogP contribution in [0.5, 0.6) is 0 Å². The van der Waals surface area contributed by atoms with Crippen LogP contribution < -0.4 is 11.1 Å². The van der Waals surface area contributed by atoms with Crippen molar-refractivity contribution in [3.8, 4) is 6.07 Å². The van der Waals surface area contributed by atoms with E-state index in [0.29, 0.717) is 6.07 Å². The fraction of sp³-hybridized carbons (Fsp3) is 0.385. The second kappa shape index (κ2) is 5.51. The summed E-state index contributed by atoms with van der Waals surface area (Å²) in [6.45, 7) is 3.29. The van der Waals surface area contributed by atoms with Crippen LogP contribution in [0.4, 0.5) is 18.9 Å². The number of nitrogens with zero attached hydrogens (tertiary/aromatic N) is 1. The highest BCUT2D eigenvalue weighted by Crippen LogP contribution is 2.31. The van der Waals surface area contributed by atoms with Crippen LogP contribution in [0.1, 0.15) is 31.4 Å². The van der Waals surface area contributed by atoms with E-state index in [1.807, 2.05) is 0 Å². The number of nitrogens with two attached hydrogens (primary N) is 1. The molecule has 0 fully saturated rings. The van der Waals surface area contributed by atoms with Crippen molar-refractivity contribution in [3.63, 3.8) is 0 Å². The first-order chi connectivity index (χ1) is 9.03. The molecule has 0 radical (unpaired) electrons. The number of carbonyl (C=O) groups excluding carboxylic acids is 1. The minimum Gasteiger partial charge on any atom is -0.325 e. The summed E-state index contributed by atoms with van der Waals surface area (Å²) in [4.78, 5) is 11.7. The molecule has 7 heteroatoms. The van der Waals surface area contributed by atoms with Gasteiger partial charge >= 0.3 is 6.18 Å². The molecule has 0 aliphatic carbocycles. The lowest BCUT2D eigenvalue weighted by molar-refractivity contribution is -0.137. The van der Waals surface area contributed by atoms with E-state index in [4.69, 9.17) is 11.0 Å². The molecule has 0 saturated heterocycles. The summed E-state index contributed by atoms with van der Waals surface area (Å²) in [6.07, 6.45) is -4.55. The standard InChI is InChI=1S/C13H14F3N3O/c1-12(2,18)6-11(20)19-10-4-3-9(13(14,15)16)5-8(10)7-17/h3-5H,6,18H2,1-2H3,(H,19,20).